The first kappa shape index (κ1) is 11.3. The molecule has 0 atom stereocenters. The van der Waals surface area contributed by atoms with Crippen LogP contribution >= 0.6 is 0 Å². The number of urea groups is 1. The van der Waals surface area contributed by atoms with Crippen LogP contribution in [0.5, 0.6) is 0 Å². The van der Waals surface area contributed by atoms with E-state index in [9.17, 15) is 14.4 Å². The molecule has 1 heterocycles. The highest BCUT2D eigenvalue weighted by molar-refractivity contribution is 6.19. The Morgan fingerprint density at radius 1 is 1.12 bits per heavy atom. The van der Waals surface area contributed by atoms with Gasteiger partial charge < -0.3 is 0 Å². The molecule has 0 saturated carbocycles. The average molecular weight is 232 g/mol. The van der Waals surface area contributed by atoms with Gasteiger partial charge in [0, 0.05) is 0 Å². The molecule has 0 aromatic heterocycles. The van der Waals surface area contributed by atoms with Crippen molar-refractivity contribution in [1.82, 2.24) is 10.6 Å². The van der Waals surface area contributed by atoms with Gasteiger partial charge in [0.15, 0.2) is 0 Å². The van der Waals surface area contributed by atoms with Gasteiger partial charge in [0.1, 0.15) is 5.92 Å². The SMILES string of the molecule is CCc1cccc(C2C(=O)NC(=O)NC2=O)c1. The lowest BCUT2D eigenvalue weighted by atomic mass is 9.94. The molecule has 0 radical (unpaired) electrons. The summed E-state index contributed by atoms with van der Waals surface area (Å²) in [6.07, 6.45) is 0.822. The predicted molar refractivity (Wildman–Crippen MR) is 60.2 cm³/mol. The van der Waals surface area contributed by atoms with Gasteiger partial charge in [-0.2, -0.15) is 0 Å². The van der Waals surface area contributed by atoms with Crippen LogP contribution in [0.25, 0.3) is 0 Å². The molecule has 0 unspecified atom stereocenters. The van der Waals surface area contributed by atoms with Crippen molar-refractivity contribution < 1.29 is 14.4 Å². The fraction of sp³-hybridized carbons (Fsp3) is 0.250. The highest BCUT2D eigenvalue weighted by atomic mass is 16.2. The molecule has 2 rings (SSSR count). The fourth-order valence-corrected chi connectivity index (χ4v) is 1.81. The maximum atomic E-state index is 11.6. The topological polar surface area (TPSA) is 75.3 Å². The molecule has 5 heteroatoms. The van der Waals surface area contributed by atoms with Gasteiger partial charge >= 0.3 is 6.03 Å². The van der Waals surface area contributed by atoms with E-state index in [2.05, 4.69) is 10.6 Å². The summed E-state index contributed by atoms with van der Waals surface area (Å²) in [5, 5.41) is 4.17. The molecule has 17 heavy (non-hydrogen) atoms. The maximum Gasteiger partial charge on any atom is 0.328 e. The van der Waals surface area contributed by atoms with Crippen LogP contribution in [-0.4, -0.2) is 17.8 Å². The van der Waals surface area contributed by atoms with E-state index in [0.717, 1.165) is 12.0 Å². The quantitative estimate of drug-likeness (QED) is 0.737. The van der Waals surface area contributed by atoms with E-state index < -0.39 is 23.8 Å². The second kappa shape index (κ2) is 4.37. The first-order valence-electron chi connectivity index (χ1n) is 5.36. The van der Waals surface area contributed by atoms with Crippen LogP contribution in [0.1, 0.15) is 24.0 Å². The Morgan fingerprint density at radius 2 is 1.76 bits per heavy atom. The van der Waals surface area contributed by atoms with E-state index in [-0.39, 0.29) is 0 Å². The van der Waals surface area contributed by atoms with Crippen molar-refractivity contribution in [3.8, 4) is 0 Å². The van der Waals surface area contributed by atoms with Gasteiger partial charge in [0.2, 0.25) is 11.8 Å². The van der Waals surface area contributed by atoms with Crippen molar-refractivity contribution in [3.63, 3.8) is 0 Å². The molecular formula is C12H12N2O3. The fourth-order valence-electron chi connectivity index (χ4n) is 1.81. The Bertz CT molecular complexity index is 476. The highest BCUT2D eigenvalue weighted by Crippen LogP contribution is 2.19. The summed E-state index contributed by atoms with van der Waals surface area (Å²) < 4.78 is 0. The molecule has 88 valence electrons. The summed E-state index contributed by atoms with van der Waals surface area (Å²) >= 11 is 0. The van der Waals surface area contributed by atoms with Gasteiger partial charge in [-0.1, -0.05) is 31.2 Å². The molecule has 1 fully saturated rings. The Kier molecular flexibility index (Phi) is 2.91. The Morgan fingerprint density at radius 3 is 2.35 bits per heavy atom. The van der Waals surface area contributed by atoms with Gasteiger partial charge in [0.05, 0.1) is 0 Å². The number of benzene rings is 1. The first-order valence-corrected chi connectivity index (χ1v) is 5.36. The van der Waals surface area contributed by atoms with E-state index in [1.165, 1.54) is 0 Å². The normalized spacial score (nSPS) is 16.6. The van der Waals surface area contributed by atoms with E-state index >= 15 is 0 Å². The Hall–Kier alpha value is -2.17. The van der Waals surface area contributed by atoms with Crippen LogP contribution in [0.15, 0.2) is 24.3 Å². The molecule has 0 spiro atoms. The maximum absolute atomic E-state index is 11.6. The summed E-state index contributed by atoms with van der Waals surface area (Å²) in [7, 11) is 0. The summed E-state index contributed by atoms with van der Waals surface area (Å²) in [6.45, 7) is 1.99. The zero-order chi connectivity index (χ0) is 12.4. The van der Waals surface area contributed by atoms with Gasteiger partial charge in [-0.25, -0.2) is 4.79 Å². The number of aryl methyl sites for hydroxylation is 1. The lowest BCUT2D eigenvalue weighted by Gasteiger charge is -2.21. The first-order chi connectivity index (χ1) is 8.11. The third-order valence-electron chi connectivity index (χ3n) is 2.69. The lowest BCUT2D eigenvalue weighted by molar-refractivity contribution is -0.132. The van der Waals surface area contributed by atoms with Gasteiger partial charge in [0.25, 0.3) is 0 Å². The minimum Gasteiger partial charge on any atom is -0.277 e. The molecule has 1 saturated heterocycles. The van der Waals surface area contributed by atoms with Crippen molar-refractivity contribution >= 4 is 17.8 Å². The van der Waals surface area contributed by atoms with E-state index in [1.807, 2.05) is 13.0 Å². The third kappa shape index (κ3) is 2.18. The number of rotatable bonds is 2. The second-order valence-corrected chi connectivity index (χ2v) is 3.84. The van der Waals surface area contributed by atoms with Crippen molar-refractivity contribution in [1.29, 1.82) is 0 Å². The number of hydrogen-bond acceptors (Lipinski definition) is 3. The zero-order valence-electron chi connectivity index (χ0n) is 9.32. The zero-order valence-corrected chi connectivity index (χ0v) is 9.32. The van der Waals surface area contributed by atoms with Crippen LogP contribution in [0.3, 0.4) is 0 Å². The summed E-state index contributed by atoms with van der Waals surface area (Å²) in [5.41, 5.74) is 1.65. The Labute approximate surface area is 98.2 Å². The van der Waals surface area contributed by atoms with Crippen LogP contribution < -0.4 is 10.6 Å². The monoisotopic (exact) mass is 232 g/mol. The average Bonchev–Trinajstić information content (AvgIpc) is 2.28. The van der Waals surface area contributed by atoms with Crippen molar-refractivity contribution in [2.45, 2.75) is 19.3 Å². The summed E-state index contributed by atoms with van der Waals surface area (Å²) in [6, 6.07) is 6.47. The predicted octanol–water partition coefficient (Wildman–Crippen LogP) is 0.699. The molecule has 1 aromatic carbocycles. The molecule has 0 bridgehead atoms. The van der Waals surface area contributed by atoms with E-state index in [4.69, 9.17) is 0 Å². The second-order valence-electron chi connectivity index (χ2n) is 3.84. The molecular weight excluding hydrogens is 220 g/mol. The molecule has 0 aliphatic carbocycles. The molecule has 1 aromatic rings. The number of nitrogens with one attached hydrogen (secondary N) is 2. The molecule has 2 N–H and O–H groups in total. The molecule has 1 aliphatic rings. The summed E-state index contributed by atoms with van der Waals surface area (Å²) in [4.78, 5) is 34.2. The molecule has 4 amide bonds. The number of hydrogen-bond donors (Lipinski definition) is 2. The van der Waals surface area contributed by atoms with Crippen LogP contribution in [0.4, 0.5) is 4.79 Å². The minimum atomic E-state index is -0.945. The van der Waals surface area contributed by atoms with Gasteiger partial charge in [-0.3, -0.25) is 20.2 Å². The van der Waals surface area contributed by atoms with Crippen LogP contribution in [0.2, 0.25) is 0 Å². The number of amides is 4. The van der Waals surface area contributed by atoms with E-state index in [1.54, 1.807) is 18.2 Å². The Balaban J connectivity index is 2.34. The van der Waals surface area contributed by atoms with Gasteiger partial charge in [-0.15, -0.1) is 0 Å². The summed E-state index contributed by atoms with van der Waals surface area (Å²) in [5.74, 6) is -2.10. The van der Waals surface area contributed by atoms with Crippen molar-refractivity contribution in [2.75, 3.05) is 0 Å². The highest BCUT2D eigenvalue weighted by Gasteiger charge is 2.35. The number of imide groups is 2. The number of carbonyl (C=O) groups is 3. The lowest BCUT2D eigenvalue weighted by Crippen LogP contribution is -2.54. The largest absolute Gasteiger partial charge is 0.328 e. The van der Waals surface area contributed by atoms with Crippen LogP contribution in [0, 0.1) is 0 Å². The number of carbonyl (C=O) groups excluding carboxylic acids is 3. The molecule has 1 aliphatic heterocycles. The molecule has 5 nitrogen and oxygen atoms in total. The third-order valence-corrected chi connectivity index (χ3v) is 2.69. The smallest absolute Gasteiger partial charge is 0.277 e. The van der Waals surface area contributed by atoms with E-state index in [0.29, 0.717) is 5.56 Å². The standard InChI is InChI=1S/C12H12N2O3/c1-2-7-4-3-5-8(6-7)9-10(15)13-12(17)14-11(9)16/h3-6,9H,2H2,1H3,(H2,13,14,15,16,17). The van der Waals surface area contributed by atoms with Crippen molar-refractivity contribution in [3.05, 3.63) is 35.4 Å². The van der Waals surface area contributed by atoms with Gasteiger partial charge in [-0.05, 0) is 17.5 Å². The number of barbiturate groups is 1. The van der Waals surface area contributed by atoms with Crippen LogP contribution in [-0.2, 0) is 16.0 Å². The minimum absolute atomic E-state index is 0.577. The van der Waals surface area contributed by atoms with Crippen molar-refractivity contribution in [2.24, 2.45) is 0 Å².